The van der Waals surface area contributed by atoms with E-state index in [1.165, 1.54) is 30.3 Å². The summed E-state index contributed by atoms with van der Waals surface area (Å²) in [5, 5.41) is 6.61. The van der Waals surface area contributed by atoms with Crippen LogP contribution >= 0.6 is 0 Å². The SMILES string of the molecule is O=C(CCn1nc(C(=O)N2CCc3ccccc32)ccc1=O)Nc1ccccc1F. The Bertz CT molecular complexity index is 1170. The molecule has 0 aliphatic carbocycles. The van der Waals surface area contributed by atoms with Gasteiger partial charge in [-0.15, -0.1) is 0 Å². The van der Waals surface area contributed by atoms with Gasteiger partial charge in [0.15, 0.2) is 0 Å². The highest BCUT2D eigenvalue weighted by molar-refractivity contribution is 6.05. The maximum Gasteiger partial charge on any atom is 0.278 e. The van der Waals surface area contributed by atoms with Crippen LogP contribution in [0.2, 0.25) is 0 Å². The first-order valence-electron chi connectivity index (χ1n) is 9.55. The minimum Gasteiger partial charge on any atom is -0.324 e. The van der Waals surface area contributed by atoms with Gasteiger partial charge in [-0.1, -0.05) is 30.3 Å². The first-order valence-corrected chi connectivity index (χ1v) is 9.55. The molecule has 2 amide bonds. The summed E-state index contributed by atoms with van der Waals surface area (Å²) in [4.78, 5) is 38.8. The number of nitrogens with one attached hydrogen (secondary N) is 1. The monoisotopic (exact) mass is 406 g/mol. The van der Waals surface area contributed by atoms with Crippen molar-refractivity contribution in [2.75, 3.05) is 16.8 Å². The lowest BCUT2D eigenvalue weighted by Crippen LogP contribution is -2.33. The van der Waals surface area contributed by atoms with E-state index in [0.29, 0.717) is 6.54 Å². The molecule has 0 radical (unpaired) electrons. The fraction of sp³-hybridized carbons (Fsp3) is 0.182. The molecule has 1 aromatic heterocycles. The predicted molar refractivity (Wildman–Crippen MR) is 110 cm³/mol. The van der Waals surface area contributed by atoms with E-state index in [-0.39, 0.29) is 30.3 Å². The van der Waals surface area contributed by atoms with Gasteiger partial charge in [0.1, 0.15) is 11.5 Å². The number of para-hydroxylation sites is 2. The second-order valence-electron chi connectivity index (χ2n) is 6.89. The van der Waals surface area contributed by atoms with Crippen LogP contribution in [0.15, 0.2) is 65.5 Å². The summed E-state index contributed by atoms with van der Waals surface area (Å²) in [7, 11) is 0. The van der Waals surface area contributed by atoms with Gasteiger partial charge in [0, 0.05) is 24.7 Å². The number of carbonyl (C=O) groups is 2. The van der Waals surface area contributed by atoms with E-state index in [2.05, 4.69) is 10.4 Å². The summed E-state index contributed by atoms with van der Waals surface area (Å²) in [6.45, 7) is 0.515. The Hall–Kier alpha value is -3.81. The number of halogens is 1. The third-order valence-electron chi connectivity index (χ3n) is 4.92. The highest BCUT2D eigenvalue weighted by Crippen LogP contribution is 2.28. The number of hydrogen-bond donors (Lipinski definition) is 1. The van der Waals surface area contributed by atoms with E-state index in [9.17, 15) is 18.8 Å². The minimum atomic E-state index is -0.542. The number of fused-ring (bicyclic) bond motifs is 1. The van der Waals surface area contributed by atoms with Crippen LogP contribution in [-0.2, 0) is 17.8 Å². The van der Waals surface area contributed by atoms with Gasteiger partial charge in [-0.25, -0.2) is 9.07 Å². The molecule has 0 spiro atoms. The van der Waals surface area contributed by atoms with Crippen molar-refractivity contribution < 1.29 is 14.0 Å². The number of aryl methyl sites for hydroxylation is 1. The van der Waals surface area contributed by atoms with Crippen molar-refractivity contribution in [1.82, 2.24) is 9.78 Å². The standard InChI is InChI=1S/C22H19FN4O3/c23-16-6-2-3-7-17(16)24-20(28)12-14-27-21(29)10-9-18(25-27)22(30)26-13-11-15-5-1-4-8-19(15)26/h1-10H,11-14H2,(H,24,28). The van der Waals surface area contributed by atoms with Crippen LogP contribution in [0.5, 0.6) is 0 Å². The van der Waals surface area contributed by atoms with Crippen LogP contribution in [0.25, 0.3) is 0 Å². The lowest BCUT2D eigenvalue weighted by Gasteiger charge is -2.17. The van der Waals surface area contributed by atoms with Crippen molar-refractivity contribution in [2.24, 2.45) is 0 Å². The maximum atomic E-state index is 13.6. The highest BCUT2D eigenvalue weighted by Gasteiger charge is 2.26. The fourth-order valence-corrected chi connectivity index (χ4v) is 3.39. The molecule has 1 aliphatic rings. The largest absolute Gasteiger partial charge is 0.324 e. The zero-order valence-corrected chi connectivity index (χ0v) is 16.0. The molecule has 2 heterocycles. The molecule has 30 heavy (non-hydrogen) atoms. The number of benzene rings is 2. The molecular formula is C22H19FN4O3. The molecular weight excluding hydrogens is 387 g/mol. The third-order valence-corrected chi connectivity index (χ3v) is 4.92. The van der Waals surface area contributed by atoms with Crippen LogP contribution < -0.4 is 15.8 Å². The Morgan fingerprint density at radius 2 is 1.80 bits per heavy atom. The van der Waals surface area contributed by atoms with Gasteiger partial charge in [0.2, 0.25) is 5.91 Å². The number of amides is 2. The number of rotatable bonds is 5. The zero-order valence-electron chi connectivity index (χ0n) is 16.0. The van der Waals surface area contributed by atoms with Crippen LogP contribution in [0.3, 0.4) is 0 Å². The van der Waals surface area contributed by atoms with Crippen molar-refractivity contribution in [1.29, 1.82) is 0 Å². The van der Waals surface area contributed by atoms with Gasteiger partial charge in [0.05, 0.1) is 12.2 Å². The van der Waals surface area contributed by atoms with Crippen LogP contribution in [0, 0.1) is 5.82 Å². The van der Waals surface area contributed by atoms with E-state index in [0.717, 1.165) is 22.4 Å². The molecule has 0 saturated carbocycles. The summed E-state index contributed by atoms with van der Waals surface area (Å²) < 4.78 is 14.7. The number of nitrogens with zero attached hydrogens (tertiary/aromatic N) is 3. The molecule has 2 aromatic carbocycles. The fourth-order valence-electron chi connectivity index (χ4n) is 3.39. The van der Waals surface area contributed by atoms with Gasteiger partial charge in [-0.3, -0.25) is 14.4 Å². The summed E-state index contributed by atoms with van der Waals surface area (Å²) >= 11 is 0. The molecule has 4 rings (SSSR count). The lowest BCUT2D eigenvalue weighted by atomic mass is 10.2. The molecule has 0 atom stereocenters. The Kier molecular flexibility index (Phi) is 5.38. The lowest BCUT2D eigenvalue weighted by molar-refractivity contribution is -0.116. The summed E-state index contributed by atoms with van der Waals surface area (Å²) in [5.74, 6) is -1.30. The van der Waals surface area contributed by atoms with Gasteiger partial charge in [0.25, 0.3) is 11.5 Å². The minimum absolute atomic E-state index is 0.0309. The molecule has 8 heteroatoms. The second kappa shape index (κ2) is 8.28. The molecule has 7 nitrogen and oxygen atoms in total. The topological polar surface area (TPSA) is 84.3 Å². The summed E-state index contributed by atoms with van der Waals surface area (Å²) in [6, 6.07) is 16.1. The first-order chi connectivity index (χ1) is 14.5. The van der Waals surface area contributed by atoms with Crippen LogP contribution in [0.1, 0.15) is 22.5 Å². The summed E-state index contributed by atoms with van der Waals surface area (Å²) in [6.07, 6.45) is 0.670. The van der Waals surface area contributed by atoms with Crippen molar-refractivity contribution in [3.05, 3.63) is 88.1 Å². The van der Waals surface area contributed by atoms with Gasteiger partial charge < -0.3 is 10.2 Å². The van der Waals surface area contributed by atoms with Gasteiger partial charge in [-0.2, -0.15) is 5.10 Å². The van der Waals surface area contributed by atoms with Crippen molar-refractivity contribution in [3.63, 3.8) is 0 Å². The Morgan fingerprint density at radius 3 is 2.63 bits per heavy atom. The van der Waals surface area contributed by atoms with Gasteiger partial charge >= 0.3 is 0 Å². The number of carbonyl (C=O) groups excluding carboxylic acids is 2. The van der Waals surface area contributed by atoms with E-state index >= 15 is 0 Å². The van der Waals surface area contributed by atoms with Gasteiger partial charge in [-0.05, 0) is 36.2 Å². The van der Waals surface area contributed by atoms with Crippen molar-refractivity contribution in [3.8, 4) is 0 Å². The maximum absolute atomic E-state index is 13.6. The second-order valence-corrected chi connectivity index (χ2v) is 6.89. The third kappa shape index (κ3) is 3.98. The van der Waals surface area contributed by atoms with Crippen LogP contribution in [0.4, 0.5) is 15.8 Å². The molecule has 3 aromatic rings. The molecule has 152 valence electrons. The Morgan fingerprint density at radius 1 is 1.03 bits per heavy atom. The van der Waals surface area contributed by atoms with E-state index in [1.54, 1.807) is 11.0 Å². The average Bonchev–Trinajstić information content (AvgIpc) is 3.18. The molecule has 1 N–H and O–H groups in total. The number of aromatic nitrogens is 2. The quantitative estimate of drug-likeness (QED) is 0.706. The molecule has 0 fully saturated rings. The Balaban J connectivity index is 1.46. The average molecular weight is 406 g/mol. The molecule has 0 bridgehead atoms. The highest BCUT2D eigenvalue weighted by atomic mass is 19.1. The number of hydrogen-bond acceptors (Lipinski definition) is 4. The van der Waals surface area contributed by atoms with Crippen molar-refractivity contribution in [2.45, 2.75) is 19.4 Å². The smallest absolute Gasteiger partial charge is 0.278 e. The van der Waals surface area contributed by atoms with E-state index in [4.69, 9.17) is 0 Å². The van der Waals surface area contributed by atoms with E-state index < -0.39 is 17.3 Å². The predicted octanol–water partition coefficient (Wildman–Crippen LogP) is 2.61. The molecule has 0 saturated heterocycles. The van der Waals surface area contributed by atoms with Crippen molar-refractivity contribution >= 4 is 23.2 Å². The van der Waals surface area contributed by atoms with E-state index in [1.807, 2.05) is 24.3 Å². The number of anilines is 2. The normalized spacial score (nSPS) is 12.5. The first kappa shape index (κ1) is 19.5. The zero-order chi connectivity index (χ0) is 21.1. The summed E-state index contributed by atoms with van der Waals surface area (Å²) in [5.41, 5.74) is 1.70. The Labute approximate surface area is 171 Å². The molecule has 1 aliphatic heterocycles. The van der Waals surface area contributed by atoms with Crippen LogP contribution in [-0.4, -0.2) is 28.1 Å². The molecule has 0 unspecified atom stereocenters.